The molecule has 1 N–H and O–H groups in total. The normalized spacial score (nSPS) is 41.4. The van der Waals surface area contributed by atoms with Gasteiger partial charge in [0.05, 0.1) is 5.60 Å². The van der Waals surface area contributed by atoms with E-state index in [4.69, 9.17) is 0 Å². The molecule has 0 saturated heterocycles. The van der Waals surface area contributed by atoms with Crippen molar-refractivity contribution in [1.82, 2.24) is 0 Å². The molecule has 0 aromatic heterocycles. The highest BCUT2D eigenvalue weighted by Gasteiger charge is 2.24. The molecule has 0 saturated carbocycles. The first kappa shape index (κ1) is 6.98. The van der Waals surface area contributed by atoms with Crippen LogP contribution in [0.2, 0.25) is 0 Å². The van der Waals surface area contributed by atoms with Gasteiger partial charge in [0.1, 0.15) is 0 Å². The summed E-state index contributed by atoms with van der Waals surface area (Å²) in [4.78, 5) is 0. The molecular formula is C7H11OP. The molecule has 3 atom stereocenters. The van der Waals surface area contributed by atoms with E-state index in [-0.39, 0.29) is 5.66 Å². The number of hydrogen-bond acceptors (Lipinski definition) is 1. The third-order valence-electron chi connectivity index (χ3n) is 1.54. The first-order valence-electron chi connectivity index (χ1n) is 2.97. The molecule has 1 aliphatic carbocycles. The van der Waals surface area contributed by atoms with E-state index >= 15 is 0 Å². The molecule has 0 bridgehead atoms. The second-order valence-corrected chi connectivity index (χ2v) is 3.21. The van der Waals surface area contributed by atoms with Crippen molar-refractivity contribution in [1.29, 1.82) is 0 Å². The van der Waals surface area contributed by atoms with Crippen LogP contribution in [0.25, 0.3) is 0 Å². The van der Waals surface area contributed by atoms with Gasteiger partial charge in [-0.2, -0.15) is 0 Å². The molecule has 0 aromatic rings. The van der Waals surface area contributed by atoms with Crippen LogP contribution in [0.5, 0.6) is 0 Å². The Morgan fingerprint density at radius 3 is 2.56 bits per heavy atom. The third kappa shape index (κ3) is 1.41. The first-order valence-corrected chi connectivity index (χ1v) is 3.63. The predicted octanol–water partition coefficient (Wildman–Crippen LogP) is 1.11. The van der Waals surface area contributed by atoms with Crippen LogP contribution in [0.15, 0.2) is 24.3 Å². The van der Waals surface area contributed by atoms with Gasteiger partial charge in [-0.3, -0.25) is 0 Å². The summed E-state index contributed by atoms with van der Waals surface area (Å²) in [7, 11) is 2.59. The molecule has 2 heteroatoms. The minimum absolute atomic E-state index is 0.155. The van der Waals surface area contributed by atoms with Crippen LogP contribution >= 0.6 is 9.24 Å². The Morgan fingerprint density at radius 2 is 2.22 bits per heavy atom. The highest BCUT2D eigenvalue weighted by atomic mass is 31.0. The van der Waals surface area contributed by atoms with Crippen LogP contribution in [0.4, 0.5) is 0 Å². The second kappa shape index (κ2) is 2.24. The fourth-order valence-electron chi connectivity index (χ4n) is 0.740. The van der Waals surface area contributed by atoms with Gasteiger partial charge in [0, 0.05) is 5.66 Å². The zero-order valence-corrected chi connectivity index (χ0v) is 6.57. The SMILES string of the molecule is CC1(O)C=CC=CC1P. The molecule has 1 aliphatic rings. The third-order valence-corrected chi connectivity index (χ3v) is 2.44. The molecule has 0 aromatic carbocycles. The number of hydrogen-bond donors (Lipinski definition) is 1. The molecule has 0 spiro atoms. The van der Waals surface area contributed by atoms with Crippen molar-refractivity contribution in [2.24, 2.45) is 0 Å². The summed E-state index contributed by atoms with van der Waals surface area (Å²) in [5.41, 5.74) is -0.512. The van der Waals surface area contributed by atoms with E-state index < -0.39 is 5.60 Å². The van der Waals surface area contributed by atoms with Crippen molar-refractivity contribution < 1.29 is 5.11 Å². The van der Waals surface area contributed by atoms with E-state index in [2.05, 4.69) is 9.24 Å². The molecule has 3 unspecified atom stereocenters. The van der Waals surface area contributed by atoms with Gasteiger partial charge in [-0.05, 0) is 6.92 Å². The lowest BCUT2D eigenvalue weighted by molar-refractivity contribution is 0.119. The summed E-state index contributed by atoms with van der Waals surface area (Å²) in [6, 6.07) is 0. The molecule has 0 heterocycles. The van der Waals surface area contributed by atoms with Crippen molar-refractivity contribution in [2.75, 3.05) is 0 Å². The maximum Gasteiger partial charge on any atom is 0.0899 e. The average molecular weight is 142 g/mol. The Morgan fingerprint density at radius 1 is 1.56 bits per heavy atom. The molecule has 0 fully saturated rings. The first-order chi connectivity index (χ1) is 4.13. The summed E-state index contributed by atoms with van der Waals surface area (Å²) in [5, 5.41) is 9.48. The minimum atomic E-state index is -0.667. The van der Waals surface area contributed by atoms with Crippen molar-refractivity contribution >= 4 is 9.24 Å². The lowest BCUT2D eigenvalue weighted by Crippen LogP contribution is -2.32. The number of aliphatic hydroxyl groups is 1. The van der Waals surface area contributed by atoms with E-state index in [1.807, 2.05) is 18.2 Å². The standard InChI is InChI=1S/C7H11OP/c1-7(8)5-3-2-4-6(7)9/h2-6,8H,9H2,1H3. The second-order valence-electron chi connectivity index (χ2n) is 2.50. The summed E-state index contributed by atoms with van der Waals surface area (Å²) < 4.78 is 0. The largest absolute Gasteiger partial charge is 0.385 e. The summed E-state index contributed by atoms with van der Waals surface area (Å²) in [5.74, 6) is 0. The highest BCUT2D eigenvalue weighted by Crippen LogP contribution is 2.23. The van der Waals surface area contributed by atoms with Crippen LogP contribution in [0.3, 0.4) is 0 Å². The Balaban J connectivity index is 2.78. The van der Waals surface area contributed by atoms with E-state index in [0.29, 0.717) is 0 Å². The van der Waals surface area contributed by atoms with Crippen molar-refractivity contribution in [3.8, 4) is 0 Å². The van der Waals surface area contributed by atoms with Gasteiger partial charge in [0.25, 0.3) is 0 Å². The van der Waals surface area contributed by atoms with E-state index in [0.717, 1.165) is 0 Å². The zero-order chi connectivity index (χ0) is 6.91. The smallest absolute Gasteiger partial charge is 0.0899 e. The zero-order valence-electron chi connectivity index (χ0n) is 5.41. The summed E-state index contributed by atoms with van der Waals surface area (Å²) in [6.07, 6.45) is 7.56. The van der Waals surface area contributed by atoms with Crippen molar-refractivity contribution in [3.63, 3.8) is 0 Å². The highest BCUT2D eigenvalue weighted by molar-refractivity contribution is 7.18. The monoisotopic (exact) mass is 142 g/mol. The molecule has 9 heavy (non-hydrogen) atoms. The van der Waals surface area contributed by atoms with Gasteiger partial charge in [-0.25, -0.2) is 0 Å². The van der Waals surface area contributed by atoms with Crippen LogP contribution in [0, 0.1) is 0 Å². The Labute approximate surface area is 57.7 Å². The van der Waals surface area contributed by atoms with Gasteiger partial charge in [-0.1, -0.05) is 24.3 Å². The molecule has 0 radical (unpaired) electrons. The van der Waals surface area contributed by atoms with Gasteiger partial charge in [0.15, 0.2) is 0 Å². The van der Waals surface area contributed by atoms with E-state index in [9.17, 15) is 5.11 Å². The summed E-state index contributed by atoms with van der Waals surface area (Å²) in [6.45, 7) is 1.80. The van der Waals surface area contributed by atoms with Crippen LogP contribution in [0.1, 0.15) is 6.92 Å². The van der Waals surface area contributed by atoms with E-state index in [1.54, 1.807) is 13.0 Å². The van der Waals surface area contributed by atoms with Crippen LogP contribution < -0.4 is 0 Å². The van der Waals surface area contributed by atoms with Gasteiger partial charge < -0.3 is 5.11 Å². The molecule has 1 rings (SSSR count). The summed E-state index contributed by atoms with van der Waals surface area (Å²) >= 11 is 0. The molecule has 50 valence electrons. The molecule has 0 aliphatic heterocycles. The number of rotatable bonds is 0. The molecule has 0 amide bonds. The topological polar surface area (TPSA) is 20.2 Å². The maximum atomic E-state index is 9.48. The van der Waals surface area contributed by atoms with Crippen molar-refractivity contribution in [2.45, 2.75) is 18.2 Å². The van der Waals surface area contributed by atoms with Gasteiger partial charge >= 0.3 is 0 Å². The predicted molar refractivity (Wildman–Crippen MR) is 42.4 cm³/mol. The quantitative estimate of drug-likeness (QED) is 0.502. The fraction of sp³-hybridized carbons (Fsp3) is 0.429. The average Bonchev–Trinajstić information content (AvgIpc) is 1.77. The lowest BCUT2D eigenvalue weighted by atomic mass is 9.97. The minimum Gasteiger partial charge on any atom is -0.385 e. The number of allylic oxidation sites excluding steroid dienone is 2. The fourth-order valence-corrected chi connectivity index (χ4v) is 0.980. The Kier molecular flexibility index (Phi) is 1.74. The molecule has 1 nitrogen and oxygen atoms in total. The maximum absolute atomic E-state index is 9.48. The Hall–Kier alpha value is -0.130. The van der Waals surface area contributed by atoms with Crippen LogP contribution in [-0.2, 0) is 0 Å². The van der Waals surface area contributed by atoms with Crippen molar-refractivity contribution in [3.05, 3.63) is 24.3 Å². The van der Waals surface area contributed by atoms with Gasteiger partial charge in [0.2, 0.25) is 0 Å². The van der Waals surface area contributed by atoms with E-state index in [1.165, 1.54) is 0 Å². The molecular weight excluding hydrogens is 131 g/mol. The lowest BCUT2D eigenvalue weighted by Gasteiger charge is -2.26. The van der Waals surface area contributed by atoms with Crippen LogP contribution in [-0.4, -0.2) is 16.4 Å². The Bertz CT molecular complexity index is 158. The van der Waals surface area contributed by atoms with Gasteiger partial charge in [-0.15, -0.1) is 9.24 Å².